The van der Waals surface area contributed by atoms with Gasteiger partial charge in [0.25, 0.3) is 0 Å². The SMILES string of the molecule is CC[C@@H](C)NC(=O)N[C@H](C)c1ccc(OC)cc1. The Labute approximate surface area is 109 Å². The summed E-state index contributed by atoms with van der Waals surface area (Å²) in [6, 6.07) is 7.71. The van der Waals surface area contributed by atoms with Gasteiger partial charge in [-0.2, -0.15) is 0 Å². The van der Waals surface area contributed by atoms with E-state index in [1.54, 1.807) is 7.11 Å². The lowest BCUT2D eigenvalue weighted by Gasteiger charge is -2.17. The third-order valence-electron chi connectivity index (χ3n) is 2.95. The fourth-order valence-electron chi connectivity index (χ4n) is 1.54. The van der Waals surface area contributed by atoms with Crippen LogP contribution in [0.1, 0.15) is 38.8 Å². The molecule has 4 heteroatoms. The van der Waals surface area contributed by atoms with Crippen LogP contribution in [0.2, 0.25) is 0 Å². The number of nitrogens with one attached hydrogen (secondary N) is 2. The highest BCUT2D eigenvalue weighted by Crippen LogP contribution is 2.16. The van der Waals surface area contributed by atoms with E-state index in [2.05, 4.69) is 10.6 Å². The third-order valence-corrected chi connectivity index (χ3v) is 2.95. The van der Waals surface area contributed by atoms with E-state index in [0.29, 0.717) is 0 Å². The van der Waals surface area contributed by atoms with Crippen molar-refractivity contribution < 1.29 is 9.53 Å². The van der Waals surface area contributed by atoms with Crippen LogP contribution in [0.25, 0.3) is 0 Å². The van der Waals surface area contributed by atoms with Crippen molar-refractivity contribution in [1.82, 2.24) is 10.6 Å². The topological polar surface area (TPSA) is 50.4 Å². The predicted octanol–water partition coefficient (Wildman–Crippen LogP) is 2.85. The minimum absolute atomic E-state index is 0.0278. The smallest absolute Gasteiger partial charge is 0.315 e. The Kier molecular flexibility index (Phi) is 5.49. The second-order valence-corrected chi connectivity index (χ2v) is 4.42. The molecule has 2 amide bonds. The van der Waals surface area contributed by atoms with Crippen molar-refractivity contribution in [2.45, 2.75) is 39.3 Å². The molecule has 2 atom stereocenters. The molecular weight excluding hydrogens is 228 g/mol. The van der Waals surface area contributed by atoms with Crippen molar-refractivity contribution in [3.8, 4) is 5.75 Å². The predicted molar refractivity (Wildman–Crippen MR) is 72.8 cm³/mol. The monoisotopic (exact) mass is 250 g/mol. The zero-order valence-corrected chi connectivity index (χ0v) is 11.5. The van der Waals surface area contributed by atoms with E-state index in [1.165, 1.54) is 0 Å². The number of rotatable bonds is 5. The highest BCUT2D eigenvalue weighted by atomic mass is 16.5. The molecule has 2 N–H and O–H groups in total. The van der Waals surface area contributed by atoms with Crippen molar-refractivity contribution in [2.75, 3.05) is 7.11 Å². The van der Waals surface area contributed by atoms with E-state index in [1.807, 2.05) is 45.0 Å². The molecule has 1 rings (SSSR count). The van der Waals surface area contributed by atoms with E-state index in [4.69, 9.17) is 4.74 Å². The number of amides is 2. The quantitative estimate of drug-likeness (QED) is 0.844. The molecule has 0 unspecified atom stereocenters. The van der Waals surface area contributed by atoms with Crippen LogP contribution in [0, 0.1) is 0 Å². The van der Waals surface area contributed by atoms with Gasteiger partial charge in [-0.15, -0.1) is 0 Å². The molecule has 18 heavy (non-hydrogen) atoms. The van der Waals surface area contributed by atoms with Gasteiger partial charge in [-0.25, -0.2) is 4.79 Å². The average Bonchev–Trinajstić information content (AvgIpc) is 2.38. The van der Waals surface area contributed by atoms with Gasteiger partial charge in [-0.05, 0) is 38.0 Å². The summed E-state index contributed by atoms with van der Waals surface area (Å²) in [4.78, 5) is 11.7. The molecule has 0 radical (unpaired) electrons. The van der Waals surface area contributed by atoms with Crippen LogP contribution >= 0.6 is 0 Å². The molecule has 0 aromatic heterocycles. The van der Waals surface area contributed by atoms with Gasteiger partial charge in [-0.3, -0.25) is 0 Å². The molecule has 0 bridgehead atoms. The number of hydrogen-bond donors (Lipinski definition) is 2. The van der Waals surface area contributed by atoms with Crippen molar-refractivity contribution in [2.24, 2.45) is 0 Å². The molecule has 0 aliphatic carbocycles. The van der Waals surface area contributed by atoms with Gasteiger partial charge >= 0.3 is 6.03 Å². The Morgan fingerprint density at radius 1 is 1.22 bits per heavy atom. The van der Waals surface area contributed by atoms with Gasteiger partial charge in [0.2, 0.25) is 0 Å². The lowest BCUT2D eigenvalue weighted by atomic mass is 10.1. The maximum Gasteiger partial charge on any atom is 0.315 e. The second-order valence-electron chi connectivity index (χ2n) is 4.42. The summed E-state index contributed by atoms with van der Waals surface area (Å²) in [5.41, 5.74) is 1.05. The Morgan fingerprint density at radius 2 is 1.83 bits per heavy atom. The highest BCUT2D eigenvalue weighted by molar-refractivity contribution is 5.74. The molecule has 0 fully saturated rings. The number of ether oxygens (including phenoxy) is 1. The average molecular weight is 250 g/mol. The van der Waals surface area contributed by atoms with Gasteiger partial charge in [0.05, 0.1) is 13.2 Å². The maximum absolute atomic E-state index is 11.7. The summed E-state index contributed by atoms with van der Waals surface area (Å²) in [5, 5.41) is 5.79. The molecule has 1 aromatic carbocycles. The van der Waals surface area contributed by atoms with Gasteiger partial charge in [0, 0.05) is 6.04 Å². The van der Waals surface area contributed by atoms with Crippen LogP contribution in [0.4, 0.5) is 4.79 Å². The molecule has 100 valence electrons. The van der Waals surface area contributed by atoms with Crippen LogP contribution in [-0.4, -0.2) is 19.2 Å². The zero-order chi connectivity index (χ0) is 13.5. The summed E-state index contributed by atoms with van der Waals surface area (Å²) < 4.78 is 5.10. The Morgan fingerprint density at radius 3 is 2.33 bits per heavy atom. The molecule has 0 heterocycles. The molecular formula is C14H22N2O2. The van der Waals surface area contributed by atoms with Gasteiger partial charge < -0.3 is 15.4 Å². The van der Waals surface area contributed by atoms with Gasteiger partial charge in [0.15, 0.2) is 0 Å². The lowest BCUT2D eigenvalue weighted by molar-refractivity contribution is 0.234. The van der Waals surface area contributed by atoms with E-state index in [9.17, 15) is 4.79 Å². The van der Waals surface area contributed by atoms with Crippen molar-refractivity contribution >= 4 is 6.03 Å². The lowest BCUT2D eigenvalue weighted by Crippen LogP contribution is -2.41. The van der Waals surface area contributed by atoms with Crippen LogP contribution in [0.3, 0.4) is 0 Å². The third kappa shape index (κ3) is 4.28. The van der Waals surface area contributed by atoms with Crippen molar-refractivity contribution in [3.63, 3.8) is 0 Å². The van der Waals surface area contributed by atoms with Crippen LogP contribution in [-0.2, 0) is 0 Å². The van der Waals surface area contributed by atoms with E-state index in [-0.39, 0.29) is 18.1 Å². The van der Waals surface area contributed by atoms with Gasteiger partial charge in [0.1, 0.15) is 5.75 Å². The number of carbonyl (C=O) groups is 1. The minimum Gasteiger partial charge on any atom is -0.497 e. The number of urea groups is 1. The first-order chi connectivity index (χ1) is 8.56. The fourth-order valence-corrected chi connectivity index (χ4v) is 1.54. The number of methoxy groups -OCH3 is 1. The maximum atomic E-state index is 11.7. The summed E-state index contributed by atoms with van der Waals surface area (Å²) in [5.74, 6) is 0.815. The summed E-state index contributed by atoms with van der Waals surface area (Å²) in [6.45, 7) is 5.98. The summed E-state index contributed by atoms with van der Waals surface area (Å²) in [6.07, 6.45) is 0.921. The van der Waals surface area contributed by atoms with Crippen LogP contribution in [0.5, 0.6) is 5.75 Å². The zero-order valence-electron chi connectivity index (χ0n) is 11.5. The molecule has 0 aliphatic rings. The first kappa shape index (κ1) is 14.4. The minimum atomic E-state index is -0.132. The largest absolute Gasteiger partial charge is 0.497 e. The first-order valence-corrected chi connectivity index (χ1v) is 6.27. The summed E-state index contributed by atoms with van der Waals surface area (Å²) in [7, 11) is 1.64. The van der Waals surface area contributed by atoms with Crippen molar-refractivity contribution in [3.05, 3.63) is 29.8 Å². The summed E-state index contributed by atoms with van der Waals surface area (Å²) >= 11 is 0. The standard InChI is InChI=1S/C14H22N2O2/c1-5-10(2)15-14(17)16-11(3)12-6-8-13(18-4)9-7-12/h6-11H,5H2,1-4H3,(H2,15,16,17)/t10-,11-/m1/s1. The Hall–Kier alpha value is -1.71. The second kappa shape index (κ2) is 6.89. The number of benzene rings is 1. The first-order valence-electron chi connectivity index (χ1n) is 6.27. The molecule has 4 nitrogen and oxygen atoms in total. The Bertz CT molecular complexity index is 376. The highest BCUT2D eigenvalue weighted by Gasteiger charge is 2.10. The van der Waals surface area contributed by atoms with Gasteiger partial charge in [-0.1, -0.05) is 19.1 Å². The normalized spacial score (nSPS) is 13.6. The Balaban J connectivity index is 2.53. The molecule has 0 aliphatic heterocycles. The molecule has 0 spiro atoms. The molecule has 1 aromatic rings. The fraction of sp³-hybridized carbons (Fsp3) is 0.500. The molecule has 0 saturated heterocycles. The van der Waals surface area contributed by atoms with E-state index in [0.717, 1.165) is 17.7 Å². The van der Waals surface area contributed by atoms with Crippen LogP contribution in [0.15, 0.2) is 24.3 Å². The molecule has 0 saturated carbocycles. The van der Waals surface area contributed by atoms with Crippen molar-refractivity contribution in [1.29, 1.82) is 0 Å². The van der Waals surface area contributed by atoms with E-state index < -0.39 is 0 Å². The van der Waals surface area contributed by atoms with E-state index >= 15 is 0 Å². The number of carbonyl (C=O) groups excluding carboxylic acids is 1. The van der Waals surface area contributed by atoms with Crippen LogP contribution < -0.4 is 15.4 Å². The number of hydrogen-bond acceptors (Lipinski definition) is 2.